The summed E-state index contributed by atoms with van der Waals surface area (Å²) in [4.78, 5) is 4.25. The standard InChI is InChI=1S/C13H22N2O/c1-3-14-10-12(2)11-16-9-7-13-6-4-5-8-15-13/h4-6,8,12,14H,3,7,9-11H2,1-2H3. The molecule has 0 radical (unpaired) electrons. The molecule has 0 spiro atoms. The van der Waals surface area contributed by atoms with Gasteiger partial charge >= 0.3 is 0 Å². The average Bonchev–Trinajstić information content (AvgIpc) is 2.33. The van der Waals surface area contributed by atoms with Crippen molar-refractivity contribution in [3.63, 3.8) is 0 Å². The summed E-state index contributed by atoms with van der Waals surface area (Å²) in [7, 11) is 0. The molecule has 0 aliphatic rings. The zero-order valence-electron chi connectivity index (χ0n) is 10.3. The van der Waals surface area contributed by atoms with Gasteiger partial charge in [-0.3, -0.25) is 4.98 Å². The Balaban J connectivity index is 2.03. The Hall–Kier alpha value is -0.930. The van der Waals surface area contributed by atoms with Gasteiger partial charge in [-0.25, -0.2) is 0 Å². The normalized spacial score (nSPS) is 12.6. The number of aromatic nitrogens is 1. The summed E-state index contributed by atoms with van der Waals surface area (Å²) in [5.41, 5.74) is 1.10. The highest BCUT2D eigenvalue weighted by atomic mass is 16.5. The maximum absolute atomic E-state index is 5.62. The topological polar surface area (TPSA) is 34.1 Å². The van der Waals surface area contributed by atoms with E-state index in [1.165, 1.54) is 0 Å². The fourth-order valence-electron chi connectivity index (χ4n) is 1.46. The molecule has 1 unspecified atom stereocenters. The predicted molar refractivity (Wildman–Crippen MR) is 66.5 cm³/mol. The van der Waals surface area contributed by atoms with Crippen molar-refractivity contribution in [3.8, 4) is 0 Å². The Bertz CT molecular complexity index is 264. The molecule has 0 aliphatic heterocycles. The molecule has 90 valence electrons. The number of hydrogen-bond acceptors (Lipinski definition) is 3. The van der Waals surface area contributed by atoms with Crippen LogP contribution in [-0.4, -0.2) is 31.3 Å². The van der Waals surface area contributed by atoms with Crippen LogP contribution in [0.1, 0.15) is 19.5 Å². The van der Waals surface area contributed by atoms with Gasteiger partial charge in [0.05, 0.1) is 13.2 Å². The van der Waals surface area contributed by atoms with Crippen LogP contribution in [0.15, 0.2) is 24.4 Å². The molecule has 1 N–H and O–H groups in total. The molecule has 0 fully saturated rings. The summed E-state index contributed by atoms with van der Waals surface area (Å²) in [5.74, 6) is 0.573. The molecule has 0 saturated carbocycles. The van der Waals surface area contributed by atoms with Gasteiger partial charge in [-0.2, -0.15) is 0 Å². The van der Waals surface area contributed by atoms with E-state index < -0.39 is 0 Å². The van der Waals surface area contributed by atoms with Crippen molar-refractivity contribution in [1.29, 1.82) is 0 Å². The summed E-state index contributed by atoms with van der Waals surface area (Å²) in [6, 6.07) is 5.98. The summed E-state index contributed by atoms with van der Waals surface area (Å²) in [5, 5.41) is 3.31. The fraction of sp³-hybridized carbons (Fsp3) is 0.615. The third-order valence-corrected chi connectivity index (χ3v) is 2.37. The molecular weight excluding hydrogens is 200 g/mol. The van der Waals surface area contributed by atoms with Gasteiger partial charge in [0.15, 0.2) is 0 Å². The van der Waals surface area contributed by atoms with Crippen molar-refractivity contribution < 1.29 is 4.74 Å². The minimum Gasteiger partial charge on any atom is -0.381 e. The number of rotatable bonds is 8. The molecule has 3 nitrogen and oxygen atoms in total. The summed E-state index contributed by atoms with van der Waals surface area (Å²) in [6.45, 7) is 7.95. The summed E-state index contributed by atoms with van der Waals surface area (Å²) >= 11 is 0. The van der Waals surface area contributed by atoms with Crippen LogP contribution >= 0.6 is 0 Å². The fourth-order valence-corrected chi connectivity index (χ4v) is 1.46. The second kappa shape index (κ2) is 8.25. The van der Waals surface area contributed by atoms with Gasteiger partial charge in [-0.15, -0.1) is 0 Å². The van der Waals surface area contributed by atoms with E-state index >= 15 is 0 Å². The van der Waals surface area contributed by atoms with Crippen LogP contribution in [0.25, 0.3) is 0 Å². The highest BCUT2D eigenvalue weighted by Crippen LogP contribution is 1.98. The molecule has 3 heteroatoms. The van der Waals surface area contributed by atoms with E-state index in [1.54, 1.807) is 0 Å². The Morgan fingerprint density at radius 2 is 2.31 bits per heavy atom. The SMILES string of the molecule is CCNCC(C)COCCc1ccccn1. The molecule has 0 bridgehead atoms. The number of pyridine rings is 1. The number of ether oxygens (including phenoxy) is 1. The average molecular weight is 222 g/mol. The minimum absolute atomic E-state index is 0.573. The van der Waals surface area contributed by atoms with Gasteiger partial charge in [0.25, 0.3) is 0 Å². The third-order valence-electron chi connectivity index (χ3n) is 2.37. The Morgan fingerprint density at radius 3 is 3.00 bits per heavy atom. The van der Waals surface area contributed by atoms with E-state index in [0.717, 1.165) is 38.4 Å². The van der Waals surface area contributed by atoms with Crippen LogP contribution in [0.4, 0.5) is 0 Å². The largest absolute Gasteiger partial charge is 0.381 e. The van der Waals surface area contributed by atoms with Crippen molar-refractivity contribution in [2.24, 2.45) is 5.92 Å². The van der Waals surface area contributed by atoms with Crippen LogP contribution in [0.3, 0.4) is 0 Å². The first-order chi connectivity index (χ1) is 7.83. The molecule has 1 heterocycles. The zero-order chi connectivity index (χ0) is 11.6. The molecule has 0 saturated heterocycles. The van der Waals surface area contributed by atoms with Crippen LogP contribution in [0.5, 0.6) is 0 Å². The van der Waals surface area contributed by atoms with E-state index in [4.69, 9.17) is 4.74 Å². The van der Waals surface area contributed by atoms with Crippen LogP contribution in [-0.2, 0) is 11.2 Å². The molecule has 1 aromatic rings. The molecule has 16 heavy (non-hydrogen) atoms. The smallest absolute Gasteiger partial charge is 0.0521 e. The first-order valence-corrected chi connectivity index (χ1v) is 6.01. The van der Waals surface area contributed by atoms with Gasteiger partial charge < -0.3 is 10.1 Å². The number of hydrogen-bond donors (Lipinski definition) is 1. The lowest BCUT2D eigenvalue weighted by Crippen LogP contribution is -2.24. The van der Waals surface area contributed by atoms with Crippen molar-refractivity contribution >= 4 is 0 Å². The second-order valence-electron chi connectivity index (χ2n) is 4.06. The molecule has 1 atom stereocenters. The molecule has 0 amide bonds. The predicted octanol–water partition coefficient (Wildman–Crippen LogP) is 1.89. The van der Waals surface area contributed by atoms with Gasteiger partial charge in [-0.1, -0.05) is 19.9 Å². The lowest BCUT2D eigenvalue weighted by Gasteiger charge is -2.11. The van der Waals surface area contributed by atoms with Gasteiger partial charge in [-0.05, 0) is 31.1 Å². The van der Waals surface area contributed by atoms with E-state index in [2.05, 4.69) is 24.1 Å². The number of nitrogens with one attached hydrogen (secondary N) is 1. The van der Waals surface area contributed by atoms with Crippen molar-refractivity contribution in [2.75, 3.05) is 26.3 Å². The van der Waals surface area contributed by atoms with E-state index in [9.17, 15) is 0 Å². The van der Waals surface area contributed by atoms with E-state index in [0.29, 0.717) is 5.92 Å². The molecule has 1 aromatic heterocycles. The van der Waals surface area contributed by atoms with Crippen molar-refractivity contribution in [2.45, 2.75) is 20.3 Å². The first-order valence-electron chi connectivity index (χ1n) is 6.01. The molecular formula is C13H22N2O. The van der Waals surface area contributed by atoms with E-state index in [1.807, 2.05) is 24.4 Å². The van der Waals surface area contributed by atoms with Crippen LogP contribution in [0, 0.1) is 5.92 Å². The lowest BCUT2D eigenvalue weighted by atomic mass is 10.2. The minimum atomic E-state index is 0.573. The van der Waals surface area contributed by atoms with Crippen molar-refractivity contribution in [1.82, 2.24) is 10.3 Å². The second-order valence-corrected chi connectivity index (χ2v) is 4.06. The lowest BCUT2D eigenvalue weighted by molar-refractivity contribution is 0.106. The Kier molecular flexibility index (Phi) is 6.77. The monoisotopic (exact) mass is 222 g/mol. The maximum atomic E-state index is 5.62. The van der Waals surface area contributed by atoms with Gasteiger partial charge in [0, 0.05) is 18.3 Å². The highest BCUT2D eigenvalue weighted by molar-refractivity contribution is 5.03. The zero-order valence-corrected chi connectivity index (χ0v) is 10.3. The first kappa shape index (κ1) is 13.1. The third kappa shape index (κ3) is 5.83. The Labute approximate surface area is 98.2 Å². The maximum Gasteiger partial charge on any atom is 0.0521 e. The van der Waals surface area contributed by atoms with Crippen molar-refractivity contribution in [3.05, 3.63) is 30.1 Å². The highest BCUT2D eigenvalue weighted by Gasteiger charge is 2.01. The quantitative estimate of drug-likeness (QED) is 0.682. The summed E-state index contributed by atoms with van der Waals surface area (Å²) in [6.07, 6.45) is 2.72. The summed E-state index contributed by atoms with van der Waals surface area (Å²) < 4.78 is 5.62. The number of nitrogens with zero attached hydrogens (tertiary/aromatic N) is 1. The van der Waals surface area contributed by atoms with Crippen LogP contribution < -0.4 is 5.32 Å². The van der Waals surface area contributed by atoms with E-state index in [-0.39, 0.29) is 0 Å². The van der Waals surface area contributed by atoms with Crippen LogP contribution in [0.2, 0.25) is 0 Å². The van der Waals surface area contributed by atoms with Gasteiger partial charge in [0.1, 0.15) is 0 Å². The molecule has 1 rings (SSSR count). The molecule has 0 aromatic carbocycles. The van der Waals surface area contributed by atoms with Gasteiger partial charge in [0.2, 0.25) is 0 Å². The molecule has 0 aliphatic carbocycles. The Morgan fingerprint density at radius 1 is 1.44 bits per heavy atom.